The SMILES string of the molecule is c1cc(-c2noc([C@@H]3CCCCN3Cc3nc(C4CC4)no3)n2)ccn1. The average molecular weight is 352 g/mol. The molecule has 3 aromatic heterocycles. The maximum absolute atomic E-state index is 5.59. The molecule has 0 aromatic carbocycles. The summed E-state index contributed by atoms with van der Waals surface area (Å²) >= 11 is 0. The predicted octanol–water partition coefficient (Wildman–Crippen LogP) is 3.12. The first-order chi connectivity index (χ1) is 12.9. The van der Waals surface area contributed by atoms with E-state index in [0.29, 0.717) is 30.1 Å². The number of nitrogens with zero attached hydrogens (tertiary/aromatic N) is 6. The quantitative estimate of drug-likeness (QED) is 0.691. The Morgan fingerprint density at radius 3 is 2.73 bits per heavy atom. The van der Waals surface area contributed by atoms with Gasteiger partial charge in [0.05, 0.1) is 12.6 Å². The van der Waals surface area contributed by atoms with Crippen LogP contribution in [0.2, 0.25) is 0 Å². The molecule has 1 atom stereocenters. The van der Waals surface area contributed by atoms with Crippen LogP contribution in [0.15, 0.2) is 33.6 Å². The number of rotatable bonds is 5. The number of pyridine rings is 1. The average Bonchev–Trinajstić information content (AvgIpc) is 3.24. The molecule has 8 heteroatoms. The van der Waals surface area contributed by atoms with E-state index in [1.165, 1.54) is 12.8 Å². The van der Waals surface area contributed by atoms with E-state index in [0.717, 1.165) is 37.2 Å². The summed E-state index contributed by atoms with van der Waals surface area (Å²) < 4.78 is 11.0. The van der Waals surface area contributed by atoms with Crippen LogP contribution >= 0.6 is 0 Å². The minimum Gasteiger partial charge on any atom is -0.338 e. The van der Waals surface area contributed by atoms with Gasteiger partial charge < -0.3 is 9.05 Å². The minimum atomic E-state index is 0.0862. The van der Waals surface area contributed by atoms with E-state index in [1.54, 1.807) is 12.4 Å². The smallest absolute Gasteiger partial charge is 0.244 e. The fraction of sp³-hybridized carbons (Fsp3) is 0.500. The first-order valence-corrected chi connectivity index (χ1v) is 9.17. The molecule has 134 valence electrons. The van der Waals surface area contributed by atoms with Crippen molar-refractivity contribution in [3.8, 4) is 11.4 Å². The van der Waals surface area contributed by atoms with Crippen molar-refractivity contribution in [2.45, 2.75) is 50.6 Å². The third-order valence-electron chi connectivity index (χ3n) is 5.04. The van der Waals surface area contributed by atoms with Crippen LogP contribution in [0.3, 0.4) is 0 Å². The zero-order valence-corrected chi connectivity index (χ0v) is 14.4. The van der Waals surface area contributed by atoms with Gasteiger partial charge >= 0.3 is 0 Å². The van der Waals surface area contributed by atoms with Crippen LogP contribution in [-0.4, -0.2) is 36.7 Å². The lowest BCUT2D eigenvalue weighted by atomic mass is 10.0. The topological polar surface area (TPSA) is 94.0 Å². The van der Waals surface area contributed by atoms with Crippen molar-refractivity contribution in [2.75, 3.05) is 6.54 Å². The van der Waals surface area contributed by atoms with Crippen molar-refractivity contribution in [2.24, 2.45) is 0 Å². The number of piperidine rings is 1. The Labute approximate surface area is 150 Å². The van der Waals surface area contributed by atoms with Crippen molar-refractivity contribution >= 4 is 0 Å². The van der Waals surface area contributed by atoms with Crippen molar-refractivity contribution in [3.63, 3.8) is 0 Å². The largest absolute Gasteiger partial charge is 0.338 e. The second-order valence-corrected chi connectivity index (χ2v) is 6.99. The van der Waals surface area contributed by atoms with Crippen LogP contribution in [0.4, 0.5) is 0 Å². The molecule has 4 heterocycles. The van der Waals surface area contributed by atoms with Gasteiger partial charge in [0.15, 0.2) is 5.82 Å². The van der Waals surface area contributed by atoms with Crippen LogP contribution in [-0.2, 0) is 6.54 Å². The highest BCUT2D eigenvalue weighted by molar-refractivity contribution is 5.52. The molecular formula is C18H20N6O2. The zero-order valence-electron chi connectivity index (χ0n) is 14.4. The first-order valence-electron chi connectivity index (χ1n) is 9.17. The molecule has 26 heavy (non-hydrogen) atoms. The van der Waals surface area contributed by atoms with E-state index >= 15 is 0 Å². The normalized spacial score (nSPS) is 21.2. The van der Waals surface area contributed by atoms with Crippen molar-refractivity contribution < 1.29 is 9.05 Å². The number of aromatic nitrogens is 5. The summed E-state index contributed by atoms with van der Waals surface area (Å²) in [5.41, 5.74) is 0.906. The molecule has 3 aromatic rings. The van der Waals surface area contributed by atoms with Crippen LogP contribution in [0.25, 0.3) is 11.4 Å². The first kappa shape index (κ1) is 15.6. The van der Waals surface area contributed by atoms with E-state index in [9.17, 15) is 0 Å². The highest BCUT2D eigenvalue weighted by Gasteiger charge is 2.32. The lowest BCUT2D eigenvalue weighted by Crippen LogP contribution is -2.33. The van der Waals surface area contributed by atoms with Gasteiger partial charge in [0.25, 0.3) is 0 Å². The number of hydrogen-bond donors (Lipinski definition) is 0. The van der Waals surface area contributed by atoms with Gasteiger partial charge in [-0.05, 0) is 44.4 Å². The van der Waals surface area contributed by atoms with Gasteiger partial charge in [-0.15, -0.1) is 0 Å². The summed E-state index contributed by atoms with van der Waals surface area (Å²) in [4.78, 5) is 15.5. The third-order valence-corrected chi connectivity index (χ3v) is 5.04. The molecule has 0 radical (unpaired) electrons. The summed E-state index contributed by atoms with van der Waals surface area (Å²) in [6, 6.07) is 3.85. The van der Waals surface area contributed by atoms with Gasteiger partial charge in [-0.25, -0.2) is 0 Å². The Morgan fingerprint density at radius 2 is 1.88 bits per heavy atom. The van der Waals surface area contributed by atoms with Gasteiger partial charge in [0, 0.05) is 23.9 Å². The Bertz CT molecular complexity index is 873. The minimum absolute atomic E-state index is 0.0862. The lowest BCUT2D eigenvalue weighted by molar-refractivity contribution is 0.0986. The number of hydrogen-bond acceptors (Lipinski definition) is 8. The summed E-state index contributed by atoms with van der Waals surface area (Å²) in [5, 5.41) is 8.26. The van der Waals surface area contributed by atoms with E-state index in [4.69, 9.17) is 9.05 Å². The van der Waals surface area contributed by atoms with Crippen LogP contribution in [0.1, 0.15) is 61.7 Å². The third kappa shape index (κ3) is 3.12. The summed E-state index contributed by atoms with van der Waals surface area (Å²) in [7, 11) is 0. The molecule has 5 rings (SSSR count). The molecule has 0 bridgehead atoms. The molecule has 1 aliphatic heterocycles. The Morgan fingerprint density at radius 1 is 1.00 bits per heavy atom. The molecule has 2 fully saturated rings. The van der Waals surface area contributed by atoms with Crippen molar-refractivity contribution in [3.05, 3.63) is 42.1 Å². The second kappa shape index (κ2) is 6.60. The molecule has 8 nitrogen and oxygen atoms in total. The van der Waals surface area contributed by atoms with E-state index < -0.39 is 0 Å². The van der Waals surface area contributed by atoms with Gasteiger partial charge in [-0.3, -0.25) is 9.88 Å². The summed E-state index contributed by atoms with van der Waals surface area (Å²) in [6.07, 6.45) is 9.07. The summed E-state index contributed by atoms with van der Waals surface area (Å²) in [6.45, 7) is 1.58. The standard InChI is InChI=1S/C18H20N6O2/c1-2-10-24(11-15-20-16(22-25-15)12-4-5-12)14(3-1)18-21-17(23-26-18)13-6-8-19-9-7-13/h6-9,12,14H,1-5,10-11H2/t14-/m0/s1. The zero-order chi connectivity index (χ0) is 17.3. The predicted molar refractivity (Wildman–Crippen MR) is 90.8 cm³/mol. The van der Waals surface area contributed by atoms with Gasteiger partial charge in [0.1, 0.15) is 0 Å². The monoisotopic (exact) mass is 352 g/mol. The molecule has 0 unspecified atom stereocenters. The Kier molecular flexibility index (Phi) is 3.97. The Hall–Kier alpha value is -2.61. The van der Waals surface area contributed by atoms with Gasteiger partial charge in [-0.2, -0.15) is 9.97 Å². The summed E-state index contributed by atoms with van der Waals surface area (Å²) in [5.74, 6) is 3.28. The van der Waals surface area contributed by atoms with E-state index in [1.807, 2.05) is 12.1 Å². The molecule has 2 aliphatic rings. The molecule has 0 spiro atoms. The fourth-order valence-corrected chi connectivity index (χ4v) is 3.46. The molecule has 1 saturated heterocycles. The highest BCUT2D eigenvalue weighted by Crippen LogP contribution is 2.38. The highest BCUT2D eigenvalue weighted by atomic mass is 16.5. The van der Waals surface area contributed by atoms with Crippen molar-refractivity contribution in [1.82, 2.24) is 30.2 Å². The van der Waals surface area contributed by atoms with Gasteiger partial charge in [-0.1, -0.05) is 16.7 Å². The second-order valence-electron chi connectivity index (χ2n) is 6.99. The molecule has 0 amide bonds. The Balaban J connectivity index is 1.35. The lowest BCUT2D eigenvalue weighted by Gasteiger charge is -2.31. The number of likely N-dealkylation sites (tertiary alicyclic amines) is 1. The van der Waals surface area contributed by atoms with Crippen LogP contribution < -0.4 is 0 Å². The molecule has 1 saturated carbocycles. The van der Waals surface area contributed by atoms with E-state index in [2.05, 4.69) is 30.2 Å². The van der Waals surface area contributed by atoms with Crippen molar-refractivity contribution in [1.29, 1.82) is 0 Å². The maximum Gasteiger partial charge on any atom is 0.244 e. The fourth-order valence-electron chi connectivity index (χ4n) is 3.46. The van der Waals surface area contributed by atoms with Crippen LogP contribution in [0, 0.1) is 0 Å². The van der Waals surface area contributed by atoms with Gasteiger partial charge in [0.2, 0.25) is 17.6 Å². The molecule has 1 aliphatic carbocycles. The molecular weight excluding hydrogens is 332 g/mol. The maximum atomic E-state index is 5.59. The van der Waals surface area contributed by atoms with Crippen LogP contribution in [0.5, 0.6) is 0 Å². The van der Waals surface area contributed by atoms with E-state index in [-0.39, 0.29) is 6.04 Å². The molecule has 0 N–H and O–H groups in total.